The molecule has 2 rings (SSSR count). The Bertz CT molecular complexity index is 487. The van der Waals surface area contributed by atoms with Crippen LogP contribution in [0.25, 0.3) is 0 Å². The molecule has 0 radical (unpaired) electrons. The van der Waals surface area contributed by atoms with Gasteiger partial charge in [-0.3, -0.25) is 9.69 Å². The number of H-pyrrole nitrogens is 1. The van der Waals surface area contributed by atoms with Crippen LogP contribution in [0.4, 0.5) is 0 Å². The highest BCUT2D eigenvalue weighted by atomic mass is 127. The van der Waals surface area contributed by atoms with Crippen molar-refractivity contribution in [2.75, 3.05) is 26.2 Å². The van der Waals surface area contributed by atoms with Crippen LogP contribution in [0.15, 0.2) is 4.79 Å². The summed E-state index contributed by atoms with van der Waals surface area (Å²) in [6, 6.07) is 0. The number of aryl methyl sites for hydroxylation is 1. The molecule has 0 amide bonds. The van der Waals surface area contributed by atoms with E-state index in [2.05, 4.69) is 44.4 Å². The SMILES string of the molecule is CCCN1CCOC(c2nc(CC)c(I)c(=O)[nH]2)C1. The first-order valence-electron chi connectivity index (χ1n) is 6.78. The van der Waals surface area contributed by atoms with Gasteiger partial charge >= 0.3 is 0 Å². The van der Waals surface area contributed by atoms with Crippen LogP contribution < -0.4 is 5.56 Å². The Labute approximate surface area is 126 Å². The summed E-state index contributed by atoms with van der Waals surface area (Å²) in [6.07, 6.45) is 1.78. The average molecular weight is 377 g/mol. The third-order valence-corrected chi connectivity index (χ3v) is 4.39. The Morgan fingerprint density at radius 1 is 1.53 bits per heavy atom. The zero-order valence-corrected chi connectivity index (χ0v) is 13.6. The second-order valence-electron chi connectivity index (χ2n) is 4.73. The van der Waals surface area contributed by atoms with Gasteiger partial charge in [0.15, 0.2) is 0 Å². The van der Waals surface area contributed by atoms with Crippen LogP contribution in [-0.2, 0) is 11.2 Å². The first-order valence-corrected chi connectivity index (χ1v) is 7.86. The van der Waals surface area contributed by atoms with Crippen LogP contribution >= 0.6 is 22.6 Å². The molecule has 1 N–H and O–H groups in total. The van der Waals surface area contributed by atoms with E-state index < -0.39 is 0 Å². The lowest BCUT2D eigenvalue weighted by molar-refractivity contribution is -0.0344. The van der Waals surface area contributed by atoms with Crippen LogP contribution in [0.2, 0.25) is 0 Å². The molecule has 0 saturated carbocycles. The summed E-state index contributed by atoms with van der Waals surface area (Å²) in [5.74, 6) is 0.670. The minimum atomic E-state index is -0.115. The summed E-state index contributed by atoms with van der Waals surface area (Å²) in [4.78, 5) is 21.7. The van der Waals surface area contributed by atoms with Gasteiger partial charge in [-0.25, -0.2) is 4.98 Å². The molecule has 0 bridgehead atoms. The molecule has 1 aliphatic rings. The first-order chi connectivity index (χ1) is 9.15. The van der Waals surface area contributed by atoms with E-state index in [0.717, 1.165) is 38.2 Å². The molecule has 106 valence electrons. The molecule has 1 aliphatic heterocycles. The molecular formula is C13H20IN3O2. The van der Waals surface area contributed by atoms with Gasteiger partial charge < -0.3 is 9.72 Å². The van der Waals surface area contributed by atoms with Crippen LogP contribution in [0.5, 0.6) is 0 Å². The molecule has 6 heteroatoms. The second kappa shape index (κ2) is 6.81. The lowest BCUT2D eigenvalue weighted by atomic mass is 10.2. The van der Waals surface area contributed by atoms with Crippen molar-refractivity contribution >= 4 is 22.6 Å². The largest absolute Gasteiger partial charge is 0.368 e. The number of nitrogens with one attached hydrogen (secondary N) is 1. The zero-order chi connectivity index (χ0) is 13.8. The minimum absolute atomic E-state index is 0.0568. The van der Waals surface area contributed by atoms with Crippen molar-refractivity contribution in [1.82, 2.24) is 14.9 Å². The highest BCUT2D eigenvalue weighted by molar-refractivity contribution is 14.1. The Balaban J connectivity index is 2.21. The first kappa shape index (κ1) is 14.9. The summed E-state index contributed by atoms with van der Waals surface area (Å²) >= 11 is 2.05. The molecule has 1 unspecified atom stereocenters. The third-order valence-electron chi connectivity index (χ3n) is 3.28. The van der Waals surface area contributed by atoms with E-state index in [9.17, 15) is 4.79 Å². The van der Waals surface area contributed by atoms with Crippen LogP contribution in [0, 0.1) is 3.57 Å². The molecule has 1 fully saturated rings. The number of nitrogens with zero attached hydrogens (tertiary/aromatic N) is 2. The van der Waals surface area contributed by atoms with Gasteiger partial charge in [0.2, 0.25) is 0 Å². The number of hydrogen-bond acceptors (Lipinski definition) is 4. The van der Waals surface area contributed by atoms with Crippen molar-refractivity contribution in [1.29, 1.82) is 0 Å². The number of morpholine rings is 1. The van der Waals surface area contributed by atoms with Gasteiger partial charge in [-0.15, -0.1) is 0 Å². The molecule has 1 aromatic heterocycles. The molecule has 1 saturated heterocycles. The van der Waals surface area contributed by atoms with Gasteiger partial charge in [0, 0.05) is 13.1 Å². The summed E-state index contributed by atoms with van der Waals surface area (Å²) < 4.78 is 6.44. The molecule has 19 heavy (non-hydrogen) atoms. The van der Waals surface area contributed by atoms with Crippen molar-refractivity contribution in [3.8, 4) is 0 Å². The normalized spacial score (nSPS) is 20.7. The number of rotatable bonds is 4. The van der Waals surface area contributed by atoms with Crippen molar-refractivity contribution in [2.45, 2.75) is 32.8 Å². The Morgan fingerprint density at radius 3 is 3.00 bits per heavy atom. The van der Waals surface area contributed by atoms with Gasteiger partial charge in [-0.1, -0.05) is 13.8 Å². The minimum Gasteiger partial charge on any atom is -0.368 e. The molecule has 0 spiro atoms. The summed E-state index contributed by atoms with van der Waals surface area (Å²) in [5.41, 5.74) is 0.800. The van der Waals surface area contributed by atoms with Crippen molar-refractivity contribution in [3.63, 3.8) is 0 Å². The van der Waals surface area contributed by atoms with E-state index in [1.54, 1.807) is 0 Å². The number of ether oxygens (including phenoxy) is 1. The average Bonchev–Trinajstić information content (AvgIpc) is 2.42. The lowest BCUT2D eigenvalue weighted by Crippen LogP contribution is -2.40. The molecule has 0 aromatic carbocycles. The van der Waals surface area contributed by atoms with Gasteiger partial charge in [0.25, 0.3) is 5.56 Å². The monoisotopic (exact) mass is 377 g/mol. The van der Waals surface area contributed by atoms with Gasteiger partial charge in [0.05, 0.1) is 15.9 Å². The fraction of sp³-hybridized carbons (Fsp3) is 0.692. The summed E-state index contributed by atoms with van der Waals surface area (Å²) in [7, 11) is 0. The number of halogens is 1. The van der Waals surface area contributed by atoms with E-state index in [1.807, 2.05) is 6.92 Å². The lowest BCUT2D eigenvalue weighted by Gasteiger charge is -2.32. The topological polar surface area (TPSA) is 58.2 Å². The maximum Gasteiger partial charge on any atom is 0.264 e. The zero-order valence-electron chi connectivity index (χ0n) is 11.4. The molecule has 0 aliphatic carbocycles. The van der Waals surface area contributed by atoms with E-state index >= 15 is 0 Å². The van der Waals surface area contributed by atoms with E-state index in [-0.39, 0.29) is 11.7 Å². The number of aromatic nitrogens is 2. The Morgan fingerprint density at radius 2 is 2.32 bits per heavy atom. The van der Waals surface area contributed by atoms with Crippen LogP contribution in [-0.4, -0.2) is 41.1 Å². The smallest absolute Gasteiger partial charge is 0.264 e. The number of aromatic amines is 1. The molecular weight excluding hydrogens is 357 g/mol. The molecule has 1 aromatic rings. The second-order valence-corrected chi connectivity index (χ2v) is 5.80. The highest BCUT2D eigenvalue weighted by Crippen LogP contribution is 2.19. The Hall–Kier alpha value is -0.470. The summed E-state index contributed by atoms with van der Waals surface area (Å²) in [5, 5.41) is 0. The van der Waals surface area contributed by atoms with Crippen LogP contribution in [0.3, 0.4) is 0 Å². The van der Waals surface area contributed by atoms with E-state index in [0.29, 0.717) is 16.0 Å². The predicted octanol–water partition coefficient (Wildman–Crippen LogP) is 1.72. The van der Waals surface area contributed by atoms with Crippen molar-refractivity contribution in [3.05, 3.63) is 25.4 Å². The quantitative estimate of drug-likeness (QED) is 0.812. The van der Waals surface area contributed by atoms with Gasteiger partial charge in [0.1, 0.15) is 11.9 Å². The van der Waals surface area contributed by atoms with E-state index in [1.165, 1.54) is 0 Å². The summed E-state index contributed by atoms with van der Waals surface area (Å²) in [6.45, 7) is 7.71. The fourth-order valence-electron chi connectivity index (χ4n) is 2.30. The van der Waals surface area contributed by atoms with Gasteiger partial charge in [-0.05, 0) is 42.0 Å². The predicted molar refractivity (Wildman–Crippen MR) is 82.4 cm³/mol. The highest BCUT2D eigenvalue weighted by Gasteiger charge is 2.24. The maximum absolute atomic E-state index is 11.9. The molecule has 2 heterocycles. The third kappa shape index (κ3) is 3.55. The van der Waals surface area contributed by atoms with Gasteiger partial charge in [-0.2, -0.15) is 0 Å². The number of hydrogen-bond donors (Lipinski definition) is 1. The van der Waals surface area contributed by atoms with Crippen molar-refractivity contribution in [2.24, 2.45) is 0 Å². The fourth-order valence-corrected chi connectivity index (χ4v) is 2.94. The molecule has 1 atom stereocenters. The van der Waals surface area contributed by atoms with E-state index in [4.69, 9.17) is 4.74 Å². The van der Waals surface area contributed by atoms with Crippen molar-refractivity contribution < 1.29 is 4.74 Å². The Kier molecular flexibility index (Phi) is 5.35. The van der Waals surface area contributed by atoms with Crippen LogP contribution in [0.1, 0.15) is 37.9 Å². The molecule has 5 nitrogen and oxygen atoms in total. The standard InChI is InChI=1S/C13H20IN3O2/c1-3-5-17-6-7-19-10(8-17)12-15-9(4-2)11(14)13(18)16-12/h10H,3-8H2,1-2H3,(H,15,16,18). The maximum atomic E-state index is 11.9.